The smallest absolute Gasteiger partial charge is 0.306 e. The molecule has 0 aromatic rings. The van der Waals surface area contributed by atoms with Crippen LogP contribution in [-0.4, -0.2) is 37.2 Å². The third-order valence-corrected chi connectivity index (χ3v) is 12.1. The molecule has 0 saturated heterocycles. The SMILES string of the molecule is CC/C=C\C/C=C\C/C=C\C/C=C\C/C=C\C/C=C\CCCCC(=O)OCC(COC(=O)CCCCCCCCC/C=C\C/C=C\CCCCC)OC(=O)CCCCCCCCC/C=C\C/C=C\C/C=C\CC. The molecular weight excluding hydrogens is 901 g/mol. The minimum absolute atomic E-state index is 0.104. The van der Waals surface area contributed by atoms with Gasteiger partial charge in [-0.2, -0.15) is 0 Å². The average Bonchev–Trinajstić information content (AvgIpc) is 3.39. The Kier molecular flexibility index (Phi) is 56.4. The summed E-state index contributed by atoms with van der Waals surface area (Å²) in [5, 5.41) is 0. The molecule has 0 spiro atoms. The van der Waals surface area contributed by atoms with Crippen molar-refractivity contribution in [1.29, 1.82) is 0 Å². The summed E-state index contributed by atoms with van der Waals surface area (Å²) >= 11 is 0. The van der Waals surface area contributed by atoms with E-state index in [4.69, 9.17) is 14.2 Å². The van der Waals surface area contributed by atoms with Gasteiger partial charge in [0.1, 0.15) is 13.2 Å². The summed E-state index contributed by atoms with van der Waals surface area (Å²) in [4.78, 5) is 38.2. The predicted molar refractivity (Wildman–Crippen MR) is 316 cm³/mol. The van der Waals surface area contributed by atoms with Crippen LogP contribution in [0.4, 0.5) is 0 Å². The van der Waals surface area contributed by atoms with Crippen molar-refractivity contribution in [3.05, 3.63) is 134 Å². The van der Waals surface area contributed by atoms with Gasteiger partial charge < -0.3 is 14.2 Å². The molecule has 1 atom stereocenters. The maximum absolute atomic E-state index is 12.9. The molecule has 0 bridgehead atoms. The summed E-state index contributed by atoms with van der Waals surface area (Å²) in [5.41, 5.74) is 0. The Morgan fingerprint density at radius 2 is 0.534 bits per heavy atom. The highest BCUT2D eigenvalue weighted by Gasteiger charge is 2.19. The summed E-state index contributed by atoms with van der Waals surface area (Å²) in [5.74, 6) is -0.968. The maximum atomic E-state index is 12.9. The van der Waals surface area contributed by atoms with Crippen LogP contribution in [0.15, 0.2) is 134 Å². The number of carbonyl (C=O) groups is 3. The van der Waals surface area contributed by atoms with Crippen molar-refractivity contribution in [2.45, 2.75) is 258 Å². The summed E-state index contributed by atoms with van der Waals surface area (Å²) in [6.07, 6.45) is 84.4. The number of esters is 3. The van der Waals surface area contributed by atoms with Crippen molar-refractivity contribution in [3.63, 3.8) is 0 Å². The van der Waals surface area contributed by atoms with Gasteiger partial charge in [-0.3, -0.25) is 14.4 Å². The fourth-order valence-corrected chi connectivity index (χ4v) is 7.72. The lowest BCUT2D eigenvalue weighted by molar-refractivity contribution is -0.167. The molecule has 1 unspecified atom stereocenters. The Morgan fingerprint density at radius 3 is 0.863 bits per heavy atom. The lowest BCUT2D eigenvalue weighted by Crippen LogP contribution is -2.30. The molecule has 0 radical (unpaired) electrons. The van der Waals surface area contributed by atoms with E-state index >= 15 is 0 Å². The molecule has 0 fully saturated rings. The van der Waals surface area contributed by atoms with Gasteiger partial charge in [0.25, 0.3) is 0 Å². The largest absolute Gasteiger partial charge is 0.462 e. The molecule has 0 aromatic carbocycles. The molecule has 6 nitrogen and oxygen atoms in total. The first kappa shape index (κ1) is 68.6. The third kappa shape index (κ3) is 58.3. The molecule has 0 saturated carbocycles. The van der Waals surface area contributed by atoms with Crippen molar-refractivity contribution >= 4 is 17.9 Å². The normalized spacial score (nSPS) is 13.1. The fraction of sp³-hybridized carbons (Fsp3) is 0.627. The second kappa shape index (κ2) is 60.1. The monoisotopic (exact) mass is 1010 g/mol. The minimum atomic E-state index is -0.811. The molecule has 0 aliphatic carbocycles. The van der Waals surface area contributed by atoms with Crippen LogP contribution in [0.5, 0.6) is 0 Å². The van der Waals surface area contributed by atoms with Crippen LogP contribution in [0, 0.1) is 0 Å². The van der Waals surface area contributed by atoms with Crippen molar-refractivity contribution in [2.24, 2.45) is 0 Å². The first-order chi connectivity index (χ1) is 36.0. The van der Waals surface area contributed by atoms with Gasteiger partial charge in [0.05, 0.1) is 0 Å². The first-order valence-electron chi connectivity index (χ1n) is 29.7. The number of hydrogen-bond acceptors (Lipinski definition) is 6. The molecule has 6 heteroatoms. The summed E-state index contributed by atoms with van der Waals surface area (Å²) in [6.45, 7) is 6.34. The van der Waals surface area contributed by atoms with Crippen LogP contribution >= 0.6 is 0 Å². The van der Waals surface area contributed by atoms with Crippen molar-refractivity contribution in [1.82, 2.24) is 0 Å². The van der Waals surface area contributed by atoms with Gasteiger partial charge in [-0.15, -0.1) is 0 Å². The highest BCUT2D eigenvalue weighted by molar-refractivity contribution is 5.71. The van der Waals surface area contributed by atoms with E-state index in [9.17, 15) is 14.4 Å². The lowest BCUT2D eigenvalue weighted by atomic mass is 10.1. The fourth-order valence-electron chi connectivity index (χ4n) is 7.72. The number of rotatable bonds is 52. The standard InChI is InChI=1S/C67H108O6/c1-4-7-10-13-16-19-22-25-28-31-32-33-34-37-39-42-45-48-51-54-57-60-66(69)72-63-64(73-67(70)61-58-55-52-49-46-43-40-36-30-27-24-21-18-15-12-9-6-3)62-71-65(68)59-56-53-50-47-44-41-38-35-29-26-23-20-17-14-11-8-5-2/h7,9-10,12,16-21,25-30,32-33,37,39,45,48,64H,4-6,8,11,13-15,22-24,31,34-36,38,40-44,46-47,49-63H2,1-3H3/b10-7-,12-9-,19-16-,20-17-,21-18-,28-25-,29-26-,30-27-,33-32-,39-37-,48-45-. The lowest BCUT2D eigenvalue weighted by Gasteiger charge is -2.18. The Bertz CT molecular complexity index is 1580. The second-order valence-electron chi connectivity index (χ2n) is 19.1. The van der Waals surface area contributed by atoms with Crippen molar-refractivity contribution in [3.8, 4) is 0 Å². The van der Waals surface area contributed by atoms with E-state index in [1.54, 1.807) is 0 Å². The van der Waals surface area contributed by atoms with E-state index in [1.807, 2.05) is 0 Å². The van der Waals surface area contributed by atoms with Gasteiger partial charge in [-0.25, -0.2) is 0 Å². The molecule has 0 aliphatic rings. The van der Waals surface area contributed by atoms with Gasteiger partial charge in [0.15, 0.2) is 6.10 Å². The highest BCUT2D eigenvalue weighted by atomic mass is 16.6. The van der Waals surface area contributed by atoms with E-state index < -0.39 is 6.10 Å². The number of carbonyl (C=O) groups excluding carboxylic acids is 3. The van der Waals surface area contributed by atoms with Gasteiger partial charge in [0.2, 0.25) is 0 Å². The molecule has 0 heterocycles. The van der Waals surface area contributed by atoms with Gasteiger partial charge in [-0.05, 0) is 135 Å². The van der Waals surface area contributed by atoms with Crippen LogP contribution in [0.25, 0.3) is 0 Å². The van der Waals surface area contributed by atoms with E-state index in [2.05, 4.69) is 154 Å². The molecule has 0 rings (SSSR count). The Labute approximate surface area is 449 Å². The van der Waals surface area contributed by atoms with Crippen LogP contribution < -0.4 is 0 Å². The minimum Gasteiger partial charge on any atom is -0.462 e. The zero-order chi connectivity index (χ0) is 52.9. The van der Waals surface area contributed by atoms with Gasteiger partial charge >= 0.3 is 17.9 Å². The van der Waals surface area contributed by atoms with E-state index in [0.29, 0.717) is 25.7 Å². The van der Waals surface area contributed by atoms with E-state index in [0.717, 1.165) is 135 Å². The van der Waals surface area contributed by atoms with Crippen LogP contribution in [-0.2, 0) is 28.6 Å². The Morgan fingerprint density at radius 1 is 0.288 bits per heavy atom. The number of allylic oxidation sites excluding steroid dienone is 22. The Balaban J connectivity index is 4.51. The van der Waals surface area contributed by atoms with E-state index in [-0.39, 0.29) is 31.1 Å². The van der Waals surface area contributed by atoms with Crippen LogP contribution in [0.3, 0.4) is 0 Å². The van der Waals surface area contributed by atoms with Gasteiger partial charge in [-0.1, -0.05) is 231 Å². The predicted octanol–water partition coefficient (Wildman–Crippen LogP) is 20.2. The zero-order valence-electron chi connectivity index (χ0n) is 47.1. The summed E-state index contributed by atoms with van der Waals surface area (Å²) in [7, 11) is 0. The number of unbranched alkanes of at least 4 members (excludes halogenated alkanes) is 19. The van der Waals surface area contributed by atoms with Crippen molar-refractivity contribution in [2.75, 3.05) is 13.2 Å². The van der Waals surface area contributed by atoms with Crippen LogP contribution in [0.2, 0.25) is 0 Å². The maximum Gasteiger partial charge on any atom is 0.306 e. The molecular formula is C67H108O6. The Hall–Kier alpha value is -4.45. The van der Waals surface area contributed by atoms with Gasteiger partial charge in [0, 0.05) is 19.3 Å². The molecule has 0 aliphatic heterocycles. The second-order valence-corrected chi connectivity index (χ2v) is 19.1. The molecule has 0 N–H and O–H groups in total. The average molecular weight is 1010 g/mol. The highest BCUT2D eigenvalue weighted by Crippen LogP contribution is 2.14. The van der Waals surface area contributed by atoms with Crippen LogP contribution in [0.1, 0.15) is 252 Å². The van der Waals surface area contributed by atoms with E-state index in [1.165, 1.54) is 70.6 Å². The first-order valence-corrected chi connectivity index (χ1v) is 29.7. The number of hydrogen-bond donors (Lipinski definition) is 0. The zero-order valence-corrected chi connectivity index (χ0v) is 47.1. The van der Waals surface area contributed by atoms with Crippen molar-refractivity contribution < 1.29 is 28.6 Å². The molecule has 73 heavy (non-hydrogen) atoms. The third-order valence-electron chi connectivity index (χ3n) is 12.1. The topological polar surface area (TPSA) is 78.9 Å². The number of ether oxygens (including phenoxy) is 3. The molecule has 0 aromatic heterocycles. The summed E-state index contributed by atoms with van der Waals surface area (Å²) in [6, 6.07) is 0. The molecule has 412 valence electrons. The quantitative estimate of drug-likeness (QED) is 0.0261. The molecule has 0 amide bonds. The summed E-state index contributed by atoms with van der Waals surface area (Å²) < 4.78 is 16.8.